The van der Waals surface area contributed by atoms with Gasteiger partial charge in [-0.05, 0) is 37.0 Å². The Bertz CT molecular complexity index is 456. The minimum atomic E-state index is -0.399. The van der Waals surface area contributed by atoms with Crippen molar-refractivity contribution >= 4 is 17.5 Å². The fourth-order valence-electron chi connectivity index (χ4n) is 2.14. The van der Waals surface area contributed by atoms with E-state index >= 15 is 0 Å². The standard InChI is InChI=1S/C14H19N3O2/c15-11-6-4-10(5-7-11)9-13(18)17-12-3-1-2-8-16-14(12)19/h4-7,12H,1-3,8-9,15H2,(H,16,19)(H,17,18). The van der Waals surface area contributed by atoms with E-state index < -0.39 is 6.04 Å². The van der Waals surface area contributed by atoms with E-state index in [0.29, 0.717) is 18.7 Å². The number of carbonyl (C=O) groups excluding carboxylic acids is 2. The summed E-state index contributed by atoms with van der Waals surface area (Å²) in [6, 6.07) is 6.77. The van der Waals surface area contributed by atoms with Crippen LogP contribution in [0.15, 0.2) is 24.3 Å². The van der Waals surface area contributed by atoms with Crippen LogP contribution in [0.4, 0.5) is 5.69 Å². The van der Waals surface area contributed by atoms with Crippen molar-refractivity contribution in [2.45, 2.75) is 31.7 Å². The molecule has 1 unspecified atom stereocenters. The highest BCUT2D eigenvalue weighted by molar-refractivity contribution is 5.88. The van der Waals surface area contributed by atoms with E-state index in [4.69, 9.17) is 5.73 Å². The molecule has 1 aromatic rings. The summed E-state index contributed by atoms with van der Waals surface area (Å²) in [6.07, 6.45) is 2.89. The Morgan fingerprint density at radius 3 is 2.79 bits per heavy atom. The molecule has 2 amide bonds. The van der Waals surface area contributed by atoms with E-state index in [9.17, 15) is 9.59 Å². The van der Waals surface area contributed by atoms with Crippen molar-refractivity contribution in [3.63, 3.8) is 0 Å². The van der Waals surface area contributed by atoms with Gasteiger partial charge in [-0.1, -0.05) is 12.1 Å². The molecule has 1 saturated heterocycles. The molecule has 19 heavy (non-hydrogen) atoms. The number of rotatable bonds is 3. The maximum atomic E-state index is 11.9. The smallest absolute Gasteiger partial charge is 0.242 e. The van der Waals surface area contributed by atoms with Crippen molar-refractivity contribution in [2.75, 3.05) is 12.3 Å². The van der Waals surface area contributed by atoms with Crippen LogP contribution in [0, 0.1) is 0 Å². The number of amides is 2. The zero-order valence-electron chi connectivity index (χ0n) is 10.8. The van der Waals surface area contributed by atoms with Crippen LogP contribution in [0.2, 0.25) is 0 Å². The monoisotopic (exact) mass is 261 g/mol. The molecule has 1 aliphatic heterocycles. The molecular formula is C14H19N3O2. The second-order valence-corrected chi connectivity index (χ2v) is 4.83. The second kappa shape index (κ2) is 6.22. The molecule has 0 spiro atoms. The van der Waals surface area contributed by atoms with E-state index in [1.165, 1.54) is 0 Å². The van der Waals surface area contributed by atoms with Crippen LogP contribution in [0.25, 0.3) is 0 Å². The normalized spacial score (nSPS) is 19.4. The summed E-state index contributed by atoms with van der Waals surface area (Å²) in [6.45, 7) is 0.698. The highest BCUT2D eigenvalue weighted by Gasteiger charge is 2.22. The molecule has 1 aliphatic rings. The molecule has 5 heteroatoms. The lowest BCUT2D eigenvalue weighted by atomic mass is 10.1. The Kier molecular flexibility index (Phi) is 4.39. The first kappa shape index (κ1) is 13.4. The van der Waals surface area contributed by atoms with Crippen LogP contribution in [-0.2, 0) is 16.0 Å². The first-order chi connectivity index (χ1) is 9.15. The van der Waals surface area contributed by atoms with Gasteiger partial charge in [0, 0.05) is 12.2 Å². The van der Waals surface area contributed by atoms with E-state index in [2.05, 4.69) is 10.6 Å². The largest absolute Gasteiger partial charge is 0.399 e. The maximum absolute atomic E-state index is 11.9. The molecule has 0 aromatic heterocycles. The Hall–Kier alpha value is -2.04. The summed E-state index contributed by atoms with van der Waals surface area (Å²) in [5, 5.41) is 5.59. The van der Waals surface area contributed by atoms with Crippen LogP contribution in [0.5, 0.6) is 0 Å². The van der Waals surface area contributed by atoms with E-state index in [1.807, 2.05) is 12.1 Å². The van der Waals surface area contributed by atoms with Gasteiger partial charge < -0.3 is 16.4 Å². The number of nitrogens with one attached hydrogen (secondary N) is 2. The van der Waals surface area contributed by atoms with Crippen molar-refractivity contribution in [1.29, 1.82) is 0 Å². The molecule has 1 fully saturated rings. The lowest BCUT2D eigenvalue weighted by molar-refractivity contribution is -0.128. The summed E-state index contributed by atoms with van der Waals surface area (Å²) in [4.78, 5) is 23.6. The zero-order chi connectivity index (χ0) is 13.7. The van der Waals surface area contributed by atoms with Gasteiger partial charge in [-0.15, -0.1) is 0 Å². The van der Waals surface area contributed by atoms with Gasteiger partial charge in [0.1, 0.15) is 6.04 Å². The van der Waals surface area contributed by atoms with Crippen LogP contribution in [0.1, 0.15) is 24.8 Å². The molecule has 102 valence electrons. The molecule has 2 rings (SSSR count). The van der Waals surface area contributed by atoms with Gasteiger partial charge >= 0.3 is 0 Å². The lowest BCUT2D eigenvalue weighted by Gasteiger charge is -2.15. The fourth-order valence-corrected chi connectivity index (χ4v) is 2.14. The van der Waals surface area contributed by atoms with E-state index in [1.54, 1.807) is 12.1 Å². The van der Waals surface area contributed by atoms with Gasteiger partial charge in [0.05, 0.1) is 6.42 Å². The van der Waals surface area contributed by atoms with Gasteiger partial charge in [-0.25, -0.2) is 0 Å². The third-order valence-electron chi connectivity index (χ3n) is 3.21. The number of nitrogens with two attached hydrogens (primary N) is 1. The predicted molar refractivity (Wildman–Crippen MR) is 73.3 cm³/mol. The molecule has 0 bridgehead atoms. The molecule has 4 N–H and O–H groups in total. The third-order valence-corrected chi connectivity index (χ3v) is 3.21. The minimum Gasteiger partial charge on any atom is -0.399 e. The summed E-state index contributed by atoms with van der Waals surface area (Å²) in [7, 11) is 0. The first-order valence-electron chi connectivity index (χ1n) is 6.56. The van der Waals surface area contributed by atoms with Crippen molar-refractivity contribution < 1.29 is 9.59 Å². The average Bonchev–Trinajstić information content (AvgIpc) is 2.58. The topological polar surface area (TPSA) is 84.2 Å². The van der Waals surface area contributed by atoms with E-state index in [-0.39, 0.29) is 18.2 Å². The minimum absolute atomic E-state index is 0.0804. The number of benzene rings is 1. The molecule has 1 aromatic carbocycles. The highest BCUT2D eigenvalue weighted by Crippen LogP contribution is 2.08. The Morgan fingerprint density at radius 2 is 2.05 bits per heavy atom. The van der Waals surface area contributed by atoms with Gasteiger partial charge in [0.25, 0.3) is 0 Å². The van der Waals surface area contributed by atoms with Crippen molar-refractivity contribution in [3.05, 3.63) is 29.8 Å². The Balaban J connectivity index is 1.89. The summed E-state index contributed by atoms with van der Waals surface area (Å²) < 4.78 is 0. The molecular weight excluding hydrogens is 242 g/mol. The van der Waals surface area contributed by atoms with Crippen LogP contribution >= 0.6 is 0 Å². The molecule has 5 nitrogen and oxygen atoms in total. The third kappa shape index (κ3) is 3.98. The predicted octanol–water partition coefficient (Wildman–Crippen LogP) is 0.596. The first-order valence-corrected chi connectivity index (χ1v) is 6.56. The number of hydrogen-bond donors (Lipinski definition) is 3. The maximum Gasteiger partial charge on any atom is 0.242 e. The summed E-state index contributed by atoms with van der Waals surface area (Å²) in [5.41, 5.74) is 7.15. The van der Waals surface area contributed by atoms with Gasteiger partial charge in [0.2, 0.25) is 11.8 Å². The number of hydrogen-bond acceptors (Lipinski definition) is 3. The number of carbonyl (C=O) groups is 2. The van der Waals surface area contributed by atoms with Crippen molar-refractivity contribution in [2.24, 2.45) is 0 Å². The van der Waals surface area contributed by atoms with Gasteiger partial charge in [-0.3, -0.25) is 9.59 Å². The van der Waals surface area contributed by atoms with Crippen molar-refractivity contribution in [3.8, 4) is 0 Å². The van der Waals surface area contributed by atoms with Crippen molar-refractivity contribution in [1.82, 2.24) is 10.6 Å². The Labute approximate surface area is 112 Å². The lowest BCUT2D eigenvalue weighted by Crippen LogP contribution is -2.45. The quantitative estimate of drug-likeness (QED) is 0.696. The van der Waals surface area contributed by atoms with Gasteiger partial charge in [-0.2, -0.15) is 0 Å². The number of anilines is 1. The van der Waals surface area contributed by atoms with Crippen LogP contribution < -0.4 is 16.4 Å². The van der Waals surface area contributed by atoms with Crippen LogP contribution in [0.3, 0.4) is 0 Å². The molecule has 0 saturated carbocycles. The zero-order valence-corrected chi connectivity index (χ0v) is 10.8. The summed E-state index contributed by atoms with van der Waals surface area (Å²) >= 11 is 0. The average molecular weight is 261 g/mol. The Morgan fingerprint density at radius 1 is 1.32 bits per heavy atom. The summed E-state index contributed by atoms with van der Waals surface area (Å²) in [5.74, 6) is -0.213. The van der Waals surface area contributed by atoms with E-state index in [0.717, 1.165) is 18.4 Å². The molecule has 1 atom stereocenters. The fraction of sp³-hybridized carbons (Fsp3) is 0.429. The van der Waals surface area contributed by atoms with Gasteiger partial charge in [0.15, 0.2) is 0 Å². The molecule has 1 heterocycles. The number of nitrogen functional groups attached to an aromatic ring is 1. The second-order valence-electron chi connectivity index (χ2n) is 4.83. The van der Waals surface area contributed by atoms with Crippen LogP contribution in [-0.4, -0.2) is 24.4 Å². The highest BCUT2D eigenvalue weighted by atomic mass is 16.2. The molecule has 0 aliphatic carbocycles. The SMILES string of the molecule is Nc1ccc(CC(=O)NC2CCCCNC2=O)cc1. The molecule has 0 radical (unpaired) electrons.